The quantitative estimate of drug-likeness (QED) is 0.906. The van der Waals surface area contributed by atoms with E-state index in [1.165, 1.54) is 6.42 Å². The number of ether oxygens (including phenoxy) is 2. The molecule has 1 aromatic carbocycles. The number of aliphatic hydroxyl groups excluding tert-OH is 1. The molecular weight excluding hydrogens is 296 g/mol. The molecule has 0 aromatic heterocycles. The van der Waals surface area contributed by atoms with Crippen molar-refractivity contribution < 1.29 is 14.6 Å². The second-order valence-electron chi connectivity index (χ2n) is 4.82. The van der Waals surface area contributed by atoms with Crippen LogP contribution in [0.2, 0.25) is 0 Å². The number of benzene rings is 1. The molecule has 1 atom stereocenters. The van der Waals surface area contributed by atoms with Crippen LogP contribution in [0.3, 0.4) is 0 Å². The highest BCUT2D eigenvalue weighted by molar-refractivity contribution is 9.10. The van der Waals surface area contributed by atoms with Gasteiger partial charge < -0.3 is 14.6 Å². The fraction of sp³-hybridized carbons (Fsp3) is 0.571. The molecule has 1 fully saturated rings. The van der Waals surface area contributed by atoms with Gasteiger partial charge in [0.15, 0.2) is 11.5 Å². The Balaban J connectivity index is 2.30. The van der Waals surface area contributed by atoms with Crippen molar-refractivity contribution in [3.63, 3.8) is 0 Å². The van der Waals surface area contributed by atoms with Crippen molar-refractivity contribution in [2.45, 2.75) is 44.8 Å². The lowest BCUT2D eigenvalue weighted by atomic mass is 9.96. The van der Waals surface area contributed by atoms with E-state index in [4.69, 9.17) is 9.47 Å². The van der Waals surface area contributed by atoms with E-state index in [-0.39, 0.29) is 0 Å². The third-order valence-corrected chi connectivity index (χ3v) is 3.63. The molecule has 1 aliphatic rings. The molecule has 0 amide bonds. The summed E-state index contributed by atoms with van der Waals surface area (Å²) in [6.45, 7) is 1.78. The highest BCUT2D eigenvalue weighted by Crippen LogP contribution is 2.38. The van der Waals surface area contributed by atoms with Crippen LogP contribution in [-0.4, -0.2) is 24.4 Å². The second kappa shape index (κ2) is 5.93. The van der Waals surface area contributed by atoms with Crippen molar-refractivity contribution in [2.75, 3.05) is 7.11 Å². The minimum absolute atomic E-state index is 0.299. The zero-order valence-electron chi connectivity index (χ0n) is 10.8. The molecule has 18 heavy (non-hydrogen) atoms. The van der Waals surface area contributed by atoms with E-state index >= 15 is 0 Å². The molecule has 0 spiro atoms. The van der Waals surface area contributed by atoms with Crippen LogP contribution in [0.5, 0.6) is 11.5 Å². The third-order valence-electron chi connectivity index (χ3n) is 3.17. The number of hydrogen-bond acceptors (Lipinski definition) is 3. The molecule has 100 valence electrons. The predicted octanol–water partition coefficient (Wildman–Crippen LogP) is 3.31. The van der Waals surface area contributed by atoms with Crippen LogP contribution in [0.25, 0.3) is 0 Å². The minimum Gasteiger partial charge on any atom is -0.493 e. The SMILES string of the molecule is COc1cc(Br)cc(CC(C)O)c1OC1CCC1. The molecule has 1 aliphatic carbocycles. The fourth-order valence-corrected chi connectivity index (χ4v) is 2.52. The smallest absolute Gasteiger partial charge is 0.164 e. The number of hydrogen-bond donors (Lipinski definition) is 1. The highest BCUT2D eigenvalue weighted by atomic mass is 79.9. The maximum atomic E-state index is 9.58. The summed E-state index contributed by atoms with van der Waals surface area (Å²) < 4.78 is 12.3. The van der Waals surface area contributed by atoms with Crippen LogP contribution in [0.4, 0.5) is 0 Å². The first-order valence-corrected chi connectivity index (χ1v) is 7.10. The van der Waals surface area contributed by atoms with Crippen molar-refractivity contribution in [3.8, 4) is 11.5 Å². The van der Waals surface area contributed by atoms with Crippen LogP contribution >= 0.6 is 15.9 Å². The summed E-state index contributed by atoms with van der Waals surface area (Å²) >= 11 is 3.46. The highest BCUT2D eigenvalue weighted by Gasteiger charge is 2.23. The van der Waals surface area contributed by atoms with Gasteiger partial charge in [0.05, 0.1) is 19.3 Å². The van der Waals surface area contributed by atoms with Crippen molar-refractivity contribution in [3.05, 3.63) is 22.2 Å². The Kier molecular flexibility index (Phi) is 4.51. The van der Waals surface area contributed by atoms with Crippen molar-refractivity contribution in [2.24, 2.45) is 0 Å². The molecule has 2 rings (SSSR count). The first-order chi connectivity index (χ1) is 8.60. The monoisotopic (exact) mass is 314 g/mol. The summed E-state index contributed by atoms with van der Waals surface area (Å²) in [6, 6.07) is 3.89. The van der Waals surface area contributed by atoms with Crippen molar-refractivity contribution in [1.29, 1.82) is 0 Å². The topological polar surface area (TPSA) is 38.7 Å². The Hall–Kier alpha value is -0.740. The van der Waals surface area contributed by atoms with Gasteiger partial charge in [0, 0.05) is 16.5 Å². The summed E-state index contributed by atoms with van der Waals surface area (Å²) in [5, 5.41) is 9.58. The van der Waals surface area contributed by atoms with E-state index in [2.05, 4.69) is 15.9 Å². The standard InChI is InChI=1S/C14H19BrO3/c1-9(16)6-10-7-11(15)8-13(17-2)14(10)18-12-4-3-5-12/h7-9,12,16H,3-6H2,1-2H3. The van der Waals surface area contributed by atoms with E-state index in [1.54, 1.807) is 14.0 Å². The van der Waals surface area contributed by atoms with Gasteiger partial charge in [-0.05, 0) is 38.3 Å². The van der Waals surface area contributed by atoms with Gasteiger partial charge >= 0.3 is 0 Å². The molecule has 3 nitrogen and oxygen atoms in total. The Morgan fingerprint density at radius 1 is 1.44 bits per heavy atom. The van der Waals surface area contributed by atoms with Gasteiger partial charge in [0.1, 0.15) is 0 Å². The Morgan fingerprint density at radius 3 is 2.67 bits per heavy atom. The molecule has 0 bridgehead atoms. The van der Waals surface area contributed by atoms with Crippen LogP contribution in [0, 0.1) is 0 Å². The van der Waals surface area contributed by atoms with Crippen molar-refractivity contribution >= 4 is 15.9 Å². The van der Waals surface area contributed by atoms with Gasteiger partial charge in [-0.25, -0.2) is 0 Å². The summed E-state index contributed by atoms with van der Waals surface area (Å²) in [5.41, 5.74) is 0.989. The fourth-order valence-electron chi connectivity index (χ4n) is 2.03. The molecule has 1 saturated carbocycles. The number of aliphatic hydroxyl groups is 1. The molecule has 0 radical (unpaired) electrons. The summed E-state index contributed by atoms with van der Waals surface area (Å²) in [7, 11) is 1.64. The largest absolute Gasteiger partial charge is 0.493 e. The van der Waals surface area contributed by atoms with E-state index in [1.807, 2.05) is 12.1 Å². The third kappa shape index (κ3) is 3.18. The van der Waals surface area contributed by atoms with Crippen LogP contribution < -0.4 is 9.47 Å². The lowest BCUT2D eigenvalue weighted by Crippen LogP contribution is -2.25. The Bertz CT molecular complexity index is 414. The van der Waals surface area contributed by atoms with Crippen LogP contribution in [0.1, 0.15) is 31.7 Å². The maximum Gasteiger partial charge on any atom is 0.164 e. The molecule has 1 aromatic rings. The first kappa shape index (κ1) is 13.7. The van der Waals surface area contributed by atoms with Crippen molar-refractivity contribution in [1.82, 2.24) is 0 Å². The molecule has 1 N–H and O–H groups in total. The summed E-state index contributed by atoms with van der Waals surface area (Å²) in [5.74, 6) is 1.51. The van der Waals surface area contributed by atoms with Gasteiger partial charge in [-0.1, -0.05) is 15.9 Å². The van der Waals surface area contributed by atoms with Crippen LogP contribution in [0.15, 0.2) is 16.6 Å². The average molecular weight is 315 g/mol. The molecule has 1 unspecified atom stereocenters. The summed E-state index contributed by atoms with van der Waals surface area (Å²) in [4.78, 5) is 0. The molecule has 4 heteroatoms. The lowest BCUT2D eigenvalue weighted by Gasteiger charge is -2.28. The zero-order chi connectivity index (χ0) is 13.1. The van der Waals surface area contributed by atoms with Gasteiger partial charge in [-0.15, -0.1) is 0 Å². The molecule has 0 saturated heterocycles. The van der Waals surface area contributed by atoms with Gasteiger partial charge in [-0.3, -0.25) is 0 Å². The molecule has 0 aliphatic heterocycles. The minimum atomic E-state index is -0.396. The normalized spacial score (nSPS) is 17.1. The van der Waals surface area contributed by atoms with Gasteiger partial charge in [0.25, 0.3) is 0 Å². The zero-order valence-corrected chi connectivity index (χ0v) is 12.4. The lowest BCUT2D eigenvalue weighted by molar-refractivity contribution is 0.113. The van der Waals surface area contributed by atoms with Crippen LogP contribution in [-0.2, 0) is 6.42 Å². The second-order valence-corrected chi connectivity index (χ2v) is 5.74. The molecular formula is C14H19BrO3. The number of rotatable bonds is 5. The van der Waals surface area contributed by atoms with E-state index < -0.39 is 6.10 Å². The summed E-state index contributed by atoms with van der Waals surface area (Å²) in [6.07, 6.45) is 3.91. The maximum absolute atomic E-state index is 9.58. The van der Waals surface area contributed by atoms with Gasteiger partial charge in [-0.2, -0.15) is 0 Å². The first-order valence-electron chi connectivity index (χ1n) is 6.31. The molecule has 0 heterocycles. The number of halogens is 1. The van der Waals surface area contributed by atoms with E-state index in [0.717, 1.165) is 34.4 Å². The van der Waals surface area contributed by atoms with E-state index in [0.29, 0.717) is 12.5 Å². The van der Waals surface area contributed by atoms with E-state index in [9.17, 15) is 5.11 Å². The predicted molar refractivity (Wildman–Crippen MR) is 74.3 cm³/mol. The average Bonchev–Trinajstić information content (AvgIpc) is 2.23. The Morgan fingerprint density at radius 2 is 2.17 bits per heavy atom. The number of methoxy groups -OCH3 is 1. The Labute approximate surface area is 116 Å². The van der Waals surface area contributed by atoms with Gasteiger partial charge in [0.2, 0.25) is 0 Å².